The summed E-state index contributed by atoms with van der Waals surface area (Å²) >= 11 is 14.6. The summed E-state index contributed by atoms with van der Waals surface area (Å²) in [5, 5.41) is 1.59. The highest BCUT2D eigenvalue weighted by Gasteiger charge is 2.33. The number of rotatable bonds is 9. The molecule has 41 heavy (non-hydrogen) atoms. The molecule has 2 aliphatic heterocycles. The molecule has 0 spiro atoms. The molecule has 1 atom stereocenters. The van der Waals surface area contributed by atoms with Crippen LogP contribution in [0.1, 0.15) is 24.0 Å². The highest BCUT2D eigenvalue weighted by atomic mass is 35.5. The van der Waals surface area contributed by atoms with E-state index in [-0.39, 0.29) is 11.8 Å². The van der Waals surface area contributed by atoms with Gasteiger partial charge in [0.2, 0.25) is 5.91 Å². The monoisotopic (exact) mass is 610 g/mol. The lowest BCUT2D eigenvalue weighted by Gasteiger charge is -2.39. The number of nitrogens with two attached hydrogens (primary N) is 1. The van der Waals surface area contributed by atoms with Gasteiger partial charge in [0, 0.05) is 54.2 Å². The summed E-state index contributed by atoms with van der Waals surface area (Å²) in [6.45, 7) is 6.83. The Morgan fingerprint density at radius 1 is 0.927 bits per heavy atom. The van der Waals surface area contributed by atoms with Crippen LogP contribution in [0.25, 0.3) is 11.1 Å². The summed E-state index contributed by atoms with van der Waals surface area (Å²) in [6.07, 6.45) is 4.94. The first kappa shape index (κ1) is 30.4. The first-order chi connectivity index (χ1) is 19.9. The molecule has 8 heteroatoms. The number of carbonyl (C=O) groups is 1. The van der Waals surface area contributed by atoms with Gasteiger partial charge in [-0.25, -0.2) is 0 Å². The second-order valence-corrected chi connectivity index (χ2v) is 12.8. The number of benzene rings is 3. The highest BCUT2D eigenvalue weighted by Crippen LogP contribution is 2.30. The minimum Gasteiger partial charge on any atom is -0.339 e. The molecule has 0 aliphatic carbocycles. The van der Waals surface area contributed by atoms with Gasteiger partial charge in [-0.05, 0) is 91.0 Å². The molecule has 0 saturated carbocycles. The Bertz CT molecular complexity index is 1310. The Balaban J connectivity index is 1.08. The van der Waals surface area contributed by atoms with Crippen LogP contribution in [0.15, 0.2) is 71.6 Å². The van der Waals surface area contributed by atoms with Crippen LogP contribution in [0.5, 0.6) is 0 Å². The average molecular weight is 612 g/mol. The number of thioether (sulfide) groups is 1. The van der Waals surface area contributed by atoms with Crippen molar-refractivity contribution in [2.45, 2.75) is 36.7 Å². The molecular weight excluding hydrogens is 571 g/mol. The maximum absolute atomic E-state index is 13.3. The van der Waals surface area contributed by atoms with Crippen LogP contribution in [-0.2, 0) is 17.8 Å². The Labute approximate surface area is 259 Å². The van der Waals surface area contributed by atoms with Crippen molar-refractivity contribution in [3.05, 3.63) is 87.9 Å². The summed E-state index contributed by atoms with van der Waals surface area (Å²) in [5.41, 5.74) is 11.5. The van der Waals surface area contributed by atoms with E-state index in [9.17, 15) is 4.79 Å². The minimum atomic E-state index is -0.423. The molecule has 1 amide bonds. The van der Waals surface area contributed by atoms with E-state index in [0.29, 0.717) is 13.1 Å². The largest absolute Gasteiger partial charge is 0.339 e. The van der Waals surface area contributed by atoms with Gasteiger partial charge in [0.1, 0.15) is 0 Å². The predicted octanol–water partition coefficient (Wildman–Crippen LogP) is 6.31. The molecule has 2 heterocycles. The van der Waals surface area contributed by atoms with Crippen molar-refractivity contribution in [3.63, 3.8) is 0 Å². The number of nitrogens with zero attached hydrogens (tertiary/aromatic N) is 3. The Morgan fingerprint density at radius 3 is 2.37 bits per heavy atom. The van der Waals surface area contributed by atoms with Gasteiger partial charge in [-0.15, -0.1) is 11.8 Å². The van der Waals surface area contributed by atoms with Crippen molar-refractivity contribution in [1.82, 2.24) is 14.7 Å². The number of piperazine rings is 1. The number of hydrogen-bond acceptors (Lipinski definition) is 5. The fraction of sp³-hybridized carbons (Fsp3) is 0.424. The lowest BCUT2D eigenvalue weighted by molar-refractivity contribution is -0.136. The molecule has 0 aromatic heterocycles. The van der Waals surface area contributed by atoms with Crippen LogP contribution in [0.3, 0.4) is 0 Å². The number of halogens is 2. The van der Waals surface area contributed by atoms with Crippen molar-refractivity contribution in [2.75, 3.05) is 52.1 Å². The smallest absolute Gasteiger partial charge is 0.239 e. The van der Waals surface area contributed by atoms with Crippen molar-refractivity contribution in [3.8, 4) is 11.1 Å². The maximum Gasteiger partial charge on any atom is 0.239 e. The second-order valence-electron chi connectivity index (χ2n) is 11.1. The highest BCUT2D eigenvalue weighted by molar-refractivity contribution is 7.98. The molecule has 2 saturated heterocycles. The molecule has 0 radical (unpaired) electrons. The topological polar surface area (TPSA) is 52.8 Å². The Kier molecular flexibility index (Phi) is 10.7. The van der Waals surface area contributed by atoms with Gasteiger partial charge < -0.3 is 15.5 Å². The van der Waals surface area contributed by atoms with E-state index in [0.717, 1.165) is 68.6 Å². The van der Waals surface area contributed by atoms with E-state index < -0.39 is 6.04 Å². The van der Waals surface area contributed by atoms with Gasteiger partial charge in [-0.3, -0.25) is 9.69 Å². The predicted molar refractivity (Wildman–Crippen MR) is 173 cm³/mol. The van der Waals surface area contributed by atoms with Gasteiger partial charge in [-0.1, -0.05) is 65.7 Å². The van der Waals surface area contributed by atoms with Crippen LogP contribution in [-0.4, -0.2) is 78.7 Å². The van der Waals surface area contributed by atoms with Gasteiger partial charge in [0.05, 0.1) is 6.04 Å². The van der Waals surface area contributed by atoms with Crippen LogP contribution < -0.4 is 5.73 Å². The molecular formula is C33H40Cl2N4OS. The summed E-state index contributed by atoms with van der Waals surface area (Å²) in [5.74, 6) is 0.340. The first-order valence-electron chi connectivity index (χ1n) is 14.6. The van der Waals surface area contributed by atoms with Gasteiger partial charge in [0.15, 0.2) is 0 Å². The second kappa shape index (κ2) is 14.4. The quantitative estimate of drug-likeness (QED) is 0.288. The molecule has 3 aromatic rings. The molecule has 2 N–H and O–H groups in total. The summed E-state index contributed by atoms with van der Waals surface area (Å²) < 4.78 is 0. The average Bonchev–Trinajstić information content (AvgIpc) is 3.01. The number of carbonyl (C=O) groups excluding carboxylic acids is 1. The van der Waals surface area contributed by atoms with Crippen LogP contribution in [0.2, 0.25) is 10.0 Å². The van der Waals surface area contributed by atoms with E-state index in [1.807, 2.05) is 29.2 Å². The minimum absolute atomic E-state index is 0.108. The summed E-state index contributed by atoms with van der Waals surface area (Å²) in [6, 6.07) is 22.3. The molecule has 5 nitrogen and oxygen atoms in total. The molecule has 3 aromatic carbocycles. The van der Waals surface area contributed by atoms with Gasteiger partial charge in [0.25, 0.3) is 0 Å². The van der Waals surface area contributed by atoms with Gasteiger partial charge in [-0.2, -0.15) is 0 Å². The standard InChI is InChI=1S/C33H40Cl2N4OS/c1-41-31-9-5-8-30(35)29(31)23-38-18-20-39(21-19-38)33(40)32(36)25-12-15-37(16-13-25)17-14-26-22-27(34)10-11-28(26)24-6-3-2-4-7-24/h2-11,22,25,32H,12-21,23,36H2,1H3/t32-/m1/s1. The molecule has 2 aliphatic rings. The Morgan fingerprint density at radius 2 is 1.66 bits per heavy atom. The van der Waals surface area contributed by atoms with E-state index in [1.54, 1.807) is 11.8 Å². The third-order valence-corrected chi connectivity index (χ3v) is 10.0. The maximum atomic E-state index is 13.3. The van der Waals surface area contributed by atoms with E-state index >= 15 is 0 Å². The molecule has 2 fully saturated rings. The fourth-order valence-electron chi connectivity index (χ4n) is 6.13. The zero-order valence-corrected chi connectivity index (χ0v) is 26.1. The van der Waals surface area contributed by atoms with E-state index in [1.165, 1.54) is 27.1 Å². The normalized spacial score (nSPS) is 18.0. The van der Waals surface area contributed by atoms with E-state index in [2.05, 4.69) is 58.5 Å². The first-order valence-corrected chi connectivity index (χ1v) is 16.6. The third-order valence-electron chi connectivity index (χ3n) is 8.64. The number of likely N-dealkylation sites (tertiary alicyclic amines) is 1. The molecule has 5 rings (SSSR count). The molecule has 218 valence electrons. The third kappa shape index (κ3) is 7.67. The van der Waals surface area contributed by atoms with Crippen molar-refractivity contribution >= 4 is 40.9 Å². The number of amides is 1. The lowest BCUT2D eigenvalue weighted by Crippen LogP contribution is -2.55. The lowest BCUT2D eigenvalue weighted by atomic mass is 9.88. The number of hydrogen-bond donors (Lipinski definition) is 1. The zero-order valence-electron chi connectivity index (χ0n) is 23.8. The fourth-order valence-corrected chi connectivity index (χ4v) is 7.25. The van der Waals surface area contributed by atoms with Crippen LogP contribution >= 0.6 is 35.0 Å². The SMILES string of the molecule is CSc1cccc(Cl)c1CN1CCN(C(=O)[C@H](N)C2CCN(CCc3cc(Cl)ccc3-c3ccccc3)CC2)CC1. The van der Waals surface area contributed by atoms with Gasteiger partial charge >= 0.3 is 0 Å². The van der Waals surface area contributed by atoms with Crippen LogP contribution in [0.4, 0.5) is 0 Å². The molecule has 0 unspecified atom stereocenters. The van der Waals surface area contributed by atoms with Crippen molar-refractivity contribution in [1.29, 1.82) is 0 Å². The zero-order chi connectivity index (χ0) is 28.8. The number of piperidine rings is 1. The summed E-state index contributed by atoms with van der Waals surface area (Å²) in [7, 11) is 0. The summed E-state index contributed by atoms with van der Waals surface area (Å²) in [4.78, 5) is 21.4. The van der Waals surface area contributed by atoms with E-state index in [4.69, 9.17) is 28.9 Å². The van der Waals surface area contributed by atoms with Crippen molar-refractivity contribution < 1.29 is 4.79 Å². The van der Waals surface area contributed by atoms with Crippen molar-refractivity contribution in [2.24, 2.45) is 11.7 Å². The van der Waals surface area contributed by atoms with Crippen LogP contribution in [0, 0.1) is 5.92 Å². The molecule has 0 bridgehead atoms. The Hall–Kier alpha value is -2.06.